The Balaban J connectivity index is 1.82. The molecule has 1 aromatic carbocycles. The van der Waals surface area contributed by atoms with Gasteiger partial charge in [-0.3, -0.25) is 9.69 Å². The number of hydrogen-bond donors (Lipinski definition) is 0. The maximum absolute atomic E-state index is 14.1. The van der Waals surface area contributed by atoms with Gasteiger partial charge >= 0.3 is 0 Å². The first-order valence-electron chi connectivity index (χ1n) is 8.47. The monoisotopic (exact) mass is 322 g/mol. The molecule has 2 aliphatic heterocycles. The molecule has 0 bridgehead atoms. The van der Waals surface area contributed by atoms with E-state index in [1.54, 1.807) is 13.0 Å². The van der Waals surface area contributed by atoms with Crippen LogP contribution in [0.4, 0.5) is 8.78 Å². The van der Waals surface area contributed by atoms with Gasteiger partial charge in [0.2, 0.25) is 5.91 Å². The van der Waals surface area contributed by atoms with Crippen LogP contribution in [0, 0.1) is 11.6 Å². The molecule has 23 heavy (non-hydrogen) atoms. The molecule has 5 heteroatoms. The van der Waals surface area contributed by atoms with Crippen molar-refractivity contribution >= 4 is 5.91 Å². The summed E-state index contributed by atoms with van der Waals surface area (Å²) in [5.74, 6) is -0.909. The Labute approximate surface area is 136 Å². The van der Waals surface area contributed by atoms with Gasteiger partial charge in [0.25, 0.3) is 0 Å². The highest BCUT2D eigenvalue weighted by Gasteiger charge is 2.40. The summed E-state index contributed by atoms with van der Waals surface area (Å²) in [5.41, 5.74) is 0.533. The van der Waals surface area contributed by atoms with E-state index in [4.69, 9.17) is 0 Å². The Morgan fingerprint density at radius 3 is 2.57 bits per heavy atom. The second kappa shape index (κ2) is 6.56. The van der Waals surface area contributed by atoms with Crippen molar-refractivity contribution in [2.75, 3.05) is 13.1 Å². The van der Waals surface area contributed by atoms with Gasteiger partial charge < -0.3 is 4.90 Å². The van der Waals surface area contributed by atoms with Gasteiger partial charge in [0.1, 0.15) is 11.6 Å². The number of rotatable bonds is 3. The fraction of sp³-hybridized carbons (Fsp3) is 0.611. The van der Waals surface area contributed by atoms with Gasteiger partial charge in [-0.15, -0.1) is 0 Å². The first-order chi connectivity index (χ1) is 11.0. The van der Waals surface area contributed by atoms with E-state index in [1.807, 2.05) is 11.8 Å². The molecule has 2 saturated heterocycles. The van der Waals surface area contributed by atoms with E-state index in [9.17, 15) is 13.6 Å². The predicted molar refractivity (Wildman–Crippen MR) is 84.9 cm³/mol. The standard InChI is InChI=1S/C18H24F2N2O/c1-12(15-8-7-14(19)11-16(15)20)21-9-3-5-17(21)18-6-4-10-22(18)13(2)23/h7-8,11-12,17-18H,3-6,9-10H2,1-2H3/t12-,17-,18-/m1/s1. The molecule has 3 atom stereocenters. The van der Waals surface area contributed by atoms with Crippen LogP contribution in [0.2, 0.25) is 0 Å². The zero-order chi connectivity index (χ0) is 16.6. The molecule has 2 fully saturated rings. The second-order valence-corrected chi connectivity index (χ2v) is 6.71. The molecule has 0 unspecified atom stereocenters. The molecule has 0 saturated carbocycles. The lowest BCUT2D eigenvalue weighted by Crippen LogP contribution is -2.48. The third kappa shape index (κ3) is 3.11. The molecule has 3 rings (SSSR count). The summed E-state index contributed by atoms with van der Waals surface area (Å²) in [5, 5.41) is 0. The topological polar surface area (TPSA) is 23.6 Å². The van der Waals surface area contributed by atoms with Gasteiger partial charge in [-0.25, -0.2) is 8.78 Å². The average Bonchev–Trinajstić information content (AvgIpc) is 3.15. The molecule has 0 spiro atoms. The van der Waals surface area contributed by atoms with Crippen molar-refractivity contribution in [3.63, 3.8) is 0 Å². The number of nitrogens with zero attached hydrogens (tertiary/aromatic N) is 2. The molecule has 0 N–H and O–H groups in total. The number of carbonyl (C=O) groups excluding carboxylic acids is 1. The number of carbonyl (C=O) groups is 1. The predicted octanol–water partition coefficient (Wildman–Crippen LogP) is 3.50. The van der Waals surface area contributed by atoms with Gasteiger partial charge in [0, 0.05) is 43.2 Å². The van der Waals surface area contributed by atoms with E-state index in [1.165, 1.54) is 6.07 Å². The minimum atomic E-state index is -0.546. The minimum absolute atomic E-state index is 0.113. The summed E-state index contributed by atoms with van der Waals surface area (Å²) in [6.07, 6.45) is 4.13. The quantitative estimate of drug-likeness (QED) is 0.850. The van der Waals surface area contributed by atoms with Crippen LogP contribution in [0.3, 0.4) is 0 Å². The van der Waals surface area contributed by atoms with E-state index >= 15 is 0 Å². The molecule has 0 radical (unpaired) electrons. The highest BCUT2D eigenvalue weighted by molar-refractivity contribution is 5.74. The van der Waals surface area contributed by atoms with Crippen LogP contribution in [0.25, 0.3) is 0 Å². The zero-order valence-corrected chi connectivity index (χ0v) is 13.8. The molecule has 126 valence electrons. The fourth-order valence-electron chi connectivity index (χ4n) is 4.31. The normalized spacial score (nSPS) is 26.7. The minimum Gasteiger partial charge on any atom is -0.338 e. The van der Waals surface area contributed by atoms with E-state index in [2.05, 4.69) is 4.90 Å². The van der Waals surface area contributed by atoms with Crippen molar-refractivity contribution in [3.8, 4) is 0 Å². The van der Waals surface area contributed by atoms with E-state index in [0.29, 0.717) is 5.56 Å². The summed E-state index contributed by atoms with van der Waals surface area (Å²) in [6.45, 7) is 5.32. The van der Waals surface area contributed by atoms with E-state index in [-0.39, 0.29) is 24.0 Å². The van der Waals surface area contributed by atoms with Crippen LogP contribution in [-0.2, 0) is 4.79 Å². The van der Waals surface area contributed by atoms with Crippen molar-refractivity contribution in [2.24, 2.45) is 0 Å². The van der Waals surface area contributed by atoms with Crippen molar-refractivity contribution < 1.29 is 13.6 Å². The van der Waals surface area contributed by atoms with Crippen molar-refractivity contribution in [1.82, 2.24) is 9.80 Å². The van der Waals surface area contributed by atoms with Crippen LogP contribution < -0.4 is 0 Å². The zero-order valence-electron chi connectivity index (χ0n) is 13.8. The summed E-state index contributed by atoms with van der Waals surface area (Å²) in [6, 6.07) is 4.19. The number of likely N-dealkylation sites (tertiary alicyclic amines) is 2. The third-order valence-electron chi connectivity index (χ3n) is 5.40. The van der Waals surface area contributed by atoms with Crippen LogP contribution in [-0.4, -0.2) is 40.9 Å². The smallest absolute Gasteiger partial charge is 0.219 e. The van der Waals surface area contributed by atoms with Crippen LogP contribution in [0.15, 0.2) is 18.2 Å². The van der Waals surface area contributed by atoms with Gasteiger partial charge in [-0.05, 0) is 45.2 Å². The molecule has 1 aromatic rings. The largest absolute Gasteiger partial charge is 0.338 e. The summed E-state index contributed by atoms with van der Waals surface area (Å²) in [7, 11) is 0. The van der Waals surface area contributed by atoms with Gasteiger partial charge in [-0.2, -0.15) is 0 Å². The van der Waals surface area contributed by atoms with Crippen molar-refractivity contribution in [1.29, 1.82) is 0 Å². The maximum atomic E-state index is 14.1. The Kier molecular flexibility index (Phi) is 4.67. The first kappa shape index (κ1) is 16.4. The molecule has 2 heterocycles. The lowest BCUT2D eigenvalue weighted by Gasteiger charge is -2.38. The molecular formula is C18H24F2N2O. The second-order valence-electron chi connectivity index (χ2n) is 6.71. The van der Waals surface area contributed by atoms with E-state index in [0.717, 1.165) is 44.8 Å². The lowest BCUT2D eigenvalue weighted by molar-refractivity contribution is -0.130. The van der Waals surface area contributed by atoms with Gasteiger partial charge in [-0.1, -0.05) is 6.07 Å². The number of benzene rings is 1. The summed E-state index contributed by atoms with van der Waals surface area (Å²) < 4.78 is 27.3. The SMILES string of the molecule is CC(=O)N1CCC[C@@H]1[C@H]1CCCN1[C@H](C)c1ccc(F)cc1F. The summed E-state index contributed by atoms with van der Waals surface area (Å²) >= 11 is 0. The number of hydrogen-bond acceptors (Lipinski definition) is 2. The molecular weight excluding hydrogens is 298 g/mol. The molecule has 1 amide bonds. The molecule has 3 nitrogen and oxygen atoms in total. The first-order valence-corrected chi connectivity index (χ1v) is 8.47. The third-order valence-corrected chi connectivity index (χ3v) is 5.40. The van der Waals surface area contributed by atoms with Crippen LogP contribution >= 0.6 is 0 Å². The highest BCUT2D eigenvalue weighted by atomic mass is 19.1. The van der Waals surface area contributed by atoms with Gasteiger partial charge in [0.15, 0.2) is 0 Å². The molecule has 2 aliphatic rings. The summed E-state index contributed by atoms with van der Waals surface area (Å²) in [4.78, 5) is 16.1. The Bertz CT molecular complexity index is 592. The van der Waals surface area contributed by atoms with Crippen molar-refractivity contribution in [2.45, 2.75) is 57.7 Å². The Morgan fingerprint density at radius 1 is 1.17 bits per heavy atom. The lowest BCUT2D eigenvalue weighted by atomic mass is 9.99. The fourth-order valence-corrected chi connectivity index (χ4v) is 4.31. The highest BCUT2D eigenvalue weighted by Crippen LogP contribution is 2.36. The molecule has 0 aromatic heterocycles. The number of halogens is 2. The maximum Gasteiger partial charge on any atom is 0.219 e. The number of amides is 1. The Morgan fingerprint density at radius 2 is 1.87 bits per heavy atom. The van der Waals surface area contributed by atoms with Gasteiger partial charge in [0.05, 0.1) is 0 Å². The van der Waals surface area contributed by atoms with Crippen LogP contribution in [0.5, 0.6) is 0 Å². The van der Waals surface area contributed by atoms with E-state index < -0.39 is 11.6 Å². The average molecular weight is 322 g/mol. The van der Waals surface area contributed by atoms with Crippen LogP contribution in [0.1, 0.15) is 51.1 Å². The molecule has 0 aliphatic carbocycles. The van der Waals surface area contributed by atoms with Crippen molar-refractivity contribution in [3.05, 3.63) is 35.4 Å². The Hall–Kier alpha value is -1.49.